The molecule has 82 valence electrons. The number of aryl methyl sites for hydroxylation is 1. The molecule has 0 unspecified atom stereocenters. The first-order valence-electron chi connectivity index (χ1n) is 4.63. The van der Waals surface area contributed by atoms with Crippen LogP contribution in [0.4, 0.5) is 0 Å². The van der Waals surface area contributed by atoms with Crippen LogP contribution in [-0.4, -0.2) is 28.4 Å². The van der Waals surface area contributed by atoms with E-state index in [4.69, 9.17) is 12.2 Å². The van der Waals surface area contributed by atoms with Crippen LogP contribution in [0.2, 0.25) is 0 Å². The molecule has 0 aromatic heterocycles. The summed E-state index contributed by atoms with van der Waals surface area (Å²) in [5.74, 6) is 0. The number of hydrogen-bond donors (Lipinski definition) is 0. The van der Waals surface area contributed by atoms with Crippen molar-refractivity contribution in [1.82, 2.24) is 4.90 Å². The van der Waals surface area contributed by atoms with Gasteiger partial charge < -0.3 is 4.90 Å². The standard InChI is InChI=1S/C11H15NS3/c1-9-4-6-10(7-5-9)14-8-15-11(13)12(2)3/h4-7H,8H2,1-3H3. The van der Waals surface area contributed by atoms with Gasteiger partial charge in [-0.1, -0.05) is 41.7 Å². The third kappa shape index (κ3) is 4.91. The molecule has 0 radical (unpaired) electrons. The van der Waals surface area contributed by atoms with Crippen LogP contribution >= 0.6 is 35.7 Å². The topological polar surface area (TPSA) is 3.24 Å². The zero-order valence-electron chi connectivity index (χ0n) is 9.19. The summed E-state index contributed by atoms with van der Waals surface area (Å²) >= 11 is 8.72. The molecule has 0 N–H and O–H groups in total. The number of thiocarbonyl (C=S) groups is 1. The van der Waals surface area contributed by atoms with Gasteiger partial charge in [0.1, 0.15) is 4.32 Å². The molecule has 0 bridgehead atoms. The summed E-state index contributed by atoms with van der Waals surface area (Å²) < 4.78 is 0.939. The molecule has 15 heavy (non-hydrogen) atoms. The first kappa shape index (κ1) is 12.9. The van der Waals surface area contributed by atoms with Crippen molar-refractivity contribution >= 4 is 40.1 Å². The van der Waals surface area contributed by atoms with E-state index in [-0.39, 0.29) is 0 Å². The van der Waals surface area contributed by atoms with Gasteiger partial charge in [-0.2, -0.15) is 0 Å². The average Bonchev–Trinajstić information content (AvgIpc) is 2.20. The highest BCUT2D eigenvalue weighted by atomic mass is 32.2. The lowest BCUT2D eigenvalue weighted by Gasteiger charge is -2.12. The van der Waals surface area contributed by atoms with Gasteiger partial charge in [-0.15, -0.1) is 11.8 Å². The number of thioether (sulfide) groups is 2. The zero-order chi connectivity index (χ0) is 11.3. The molecule has 0 aliphatic carbocycles. The Bertz CT molecular complexity index is 319. The maximum absolute atomic E-state index is 5.19. The summed E-state index contributed by atoms with van der Waals surface area (Å²) in [7, 11) is 3.96. The second kappa shape index (κ2) is 6.40. The highest BCUT2D eigenvalue weighted by Gasteiger charge is 2.00. The van der Waals surface area contributed by atoms with Crippen LogP contribution in [0, 0.1) is 6.92 Å². The summed E-state index contributed by atoms with van der Waals surface area (Å²) in [5.41, 5.74) is 1.30. The Balaban J connectivity index is 2.32. The third-order valence-corrected chi connectivity index (χ3v) is 4.67. The fourth-order valence-corrected chi connectivity index (χ4v) is 3.11. The van der Waals surface area contributed by atoms with Crippen molar-refractivity contribution in [3.63, 3.8) is 0 Å². The molecule has 1 nitrogen and oxygen atoms in total. The zero-order valence-corrected chi connectivity index (χ0v) is 11.6. The largest absolute Gasteiger partial charge is 0.364 e. The molecular weight excluding hydrogens is 242 g/mol. The van der Waals surface area contributed by atoms with Crippen LogP contribution in [0.1, 0.15) is 5.56 Å². The number of rotatable bonds is 3. The van der Waals surface area contributed by atoms with Crippen LogP contribution < -0.4 is 0 Å². The SMILES string of the molecule is Cc1ccc(SCSC(=S)N(C)C)cc1. The predicted octanol–water partition coefficient (Wildman–Crippen LogP) is 3.62. The van der Waals surface area contributed by atoms with Gasteiger partial charge in [-0.05, 0) is 19.1 Å². The van der Waals surface area contributed by atoms with Crippen LogP contribution in [0.3, 0.4) is 0 Å². The smallest absolute Gasteiger partial charge is 0.136 e. The molecule has 0 heterocycles. The Morgan fingerprint density at radius 1 is 1.27 bits per heavy atom. The highest BCUT2D eigenvalue weighted by Crippen LogP contribution is 2.23. The molecular formula is C11H15NS3. The van der Waals surface area contributed by atoms with Crippen molar-refractivity contribution < 1.29 is 0 Å². The first-order chi connectivity index (χ1) is 7.09. The molecule has 1 aromatic carbocycles. The third-order valence-electron chi connectivity index (χ3n) is 1.79. The molecule has 0 amide bonds. The van der Waals surface area contributed by atoms with Crippen LogP contribution in [0.5, 0.6) is 0 Å². The van der Waals surface area contributed by atoms with Crippen molar-refractivity contribution in [2.75, 3.05) is 19.2 Å². The molecule has 0 spiro atoms. The Morgan fingerprint density at radius 2 is 1.87 bits per heavy atom. The van der Waals surface area contributed by atoms with Gasteiger partial charge in [0.2, 0.25) is 0 Å². The summed E-state index contributed by atoms with van der Waals surface area (Å²) in [5, 5.41) is 0.972. The monoisotopic (exact) mass is 257 g/mol. The molecule has 1 aromatic rings. The van der Waals surface area contributed by atoms with Crippen LogP contribution in [-0.2, 0) is 0 Å². The van der Waals surface area contributed by atoms with Gasteiger partial charge in [0.25, 0.3) is 0 Å². The maximum atomic E-state index is 5.19. The second-order valence-electron chi connectivity index (χ2n) is 3.38. The van der Waals surface area contributed by atoms with E-state index in [1.807, 2.05) is 30.8 Å². The van der Waals surface area contributed by atoms with E-state index in [1.165, 1.54) is 10.5 Å². The van der Waals surface area contributed by atoms with E-state index in [0.29, 0.717) is 0 Å². The molecule has 0 fully saturated rings. The Labute approximate surface area is 106 Å². The summed E-state index contributed by atoms with van der Waals surface area (Å²) in [6, 6.07) is 8.58. The summed E-state index contributed by atoms with van der Waals surface area (Å²) in [6.07, 6.45) is 0. The highest BCUT2D eigenvalue weighted by molar-refractivity contribution is 8.29. The van der Waals surface area contributed by atoms with Gasteiger partial charge in [0.15, 0.2) is 0 Å². The average molecular weight is 257 g/mol. The van der Waals surface area contributed by atoms with E-state index in [2.05, 4.69) is 31.2 Å². The van der Waals surface area contributed by atoms with E-state index in [1.54, 1.807) is 11.8 Å². The predicted molar refractivity (Wildman–Crippen MR) is 75.8 cm³/mol. The van der Waals surface area contributed by atoms with Crippen molar-refractivity contribution in [1.29, 1.82) is 0 Å². The number of hydrogen-bond acceptors (Lipinski definition) is 3. The van der Waals surface area contributed by atoms with Gasteiger partial charge in [-0.3, -0.25) is 0 Å². The van der Waals surface area contributed by atoms with E-state index >= 15 is 0 Å². The fourth-order valence-electron chi connectivity index (χ4n) is 0.912. The molecule has 0 atom stereocenters. The van der Waals surface area contributed by atoms with Gasteiger partial charge >= 0.3 is 0 Å². The van der Waals surface area contributed by atoms with Crippen molar-refractivity contribution in [3.05, 3.63) is 29.8 Å². The Hall–Kier alpha value is -0.190. The molecule has 4 heteroatoms. The lowest BCUT2D eigenvalue weighted by Crippen LogP contribution is -2.15. The van der Waals surface area contributed by atoms with Crippen LogP contribution in [0.15, 0.2) is 29.2 Å². The number of nitrogens with zero attached hydrogens (tertiary/aromatic N) is 1. The minimum Gasteiger partial charge on any atom is -0.364 e. The molecule has 0 aliphatic heterocycles. The maximum Gasteiger partial charge on any atom is 0.136 e. The minimum absolute atomic E-state index is 0.939. The summed E-state index contributed by atoms with van der Waals surface area (Å²) in [6.45, 7) is 2.10. The minimum atomic E-state index is 0.939. The number of benzene rings is 1. The fraction of sp³-hybridized carbons (Fsp3) is 0.364. The quantitative estimate of drug-likeness (QED) is 0.462. The molecule has 0 saturated heterocycles. The van der Waals surface area contributed by atoms with E-state index in [0.717, 1.165) is 9.41 Å². The normalized spacial score (nSPS) is 10.1. The molecule has 0 aliphatic rings. The van der Waals surface area contributed by atoms with Crippen LogP contribution in [0.25, 0.3) is 0 Å². The van der Waals surface area contributed by atoms with E-state index < -0.39 is 0 Å². The lowest BCUT2D eigenvalue weighted by atomic mass is 10.2. The lowest BCUT2D eigenvalue weighted by molar-refractivity contribution is 0.648. The van der Waals surface area contributed by atoms with Gasteiger partial charge in [-0.25, -0.2) is 0 Å². The Kier molecular flexibility index (Phi) is 5.50. The molecule has 1 rings (SSSR count). The molecule has 0 saturated carbocycles. The van der Waals surface area contributed by atoms with Crippen molar-refractivity contribution in [2.45, 2.75) is 11.8 Å². The van der Waals surface area contributed by atoms with E-state index in [9.17, 15) is 0 Å². The Morgan fingerprint density at radius 3 is 2.40 bits per heavy atom. The van der Waals surface area contributed by atoms with Gasteiger partial charge in [0.05, 0.1) is 5.08 Å². The first-order valence-corrected chi connectivity index (χ1v) is 7.01. The van der Waals surface area contributed by atoms with Crippen molar-refractivity contribution in [3.8, 4) is 0 Å². The summed E-state index contributed by atoms with van der Waals surface area (Å²) in [4.78, 5) is 3.27. The van der Waals surface area contributed by atoms with Crippen molar-refractivity contribution in [2.24, 2.45) is 0 Å². The second-order valence-corrected chi connectivity index (χ2v) is 6.40. The van der Waals surface area contributed by atoms with Gasteiger partial charge in [0, 0.05) is 19.0 Å².